The van der Waals surface area contributed by atoms with Crippen LogP contribution in [0.5, 0.6) is 0 Å². The number of hydrogen-bond donors (Lipinski definition) is 2. The second kappa shape index (κ2) is 8.47. The highest BCUT2D eigenvalue weighted by Crippen LogP contribution is 2.24. The van der Waals surface area contributed by atoms with Crippen molar-refractivity contribution in [2.24, 2.45) is 11.7 Å². The van der Waals surface area contributed by atoms with Crippen molar-refractivity contribution >= 4 is 41.3 Å². The summed E-state index contributed by atoms with van der Waals surface area (Å²) in [5.41, 5.74) is 6.20. The molecule has 1 aromatic heterocycles. The maximum absolute atomic E-state index is 12.1. The first kappa shape index (κ1) is 18.9. The average Bonchev–Trinajstić information content (AvgIpc) is 3.05. The van der Waals surface area contributed by atoms with Crippen LogP contribution in [0.15, 0.2) is 11.4 Å². The SMILES string of the molecule is COC(=O)c1sccc1NC(=O)CN1CC(CN)CC1C.Cl. The molecule has 2 rings (SSSR count). The van der Waals surface area contributed by atoms with Crippen molar-refractivity contribution in [1.29, 1.82) is 0 Å². The van der Waals surface area contributed by atoms with E-state index in [9.17, 15) is 9.59 Å². The van der Waals surface area contributed by atoms with Crippen molar-refractivity contribution < 1.29 is 14.3 Å². The molecule has 1 amide bonds. The summed E-state index contributed by atoms with van der Waals surface area (Å²) in [6, 6.07) is 2.07. The number of carbonyl (C=O) groups is 2. The Morgan fingerprint density at radius 1 is 1.55 bits per heavy atom. The second-order valence-electron chi connectivity index (χ2n) is 5.32. The van der Waals surface area contributed by atoms with Crippen LogP contribution < -0.4 is 11.1 Å². The molecule has 8 heteroatoms. The van der Waals surface area contributed by atoms with E-state index in [1.54, 1.807) is 11.4 Å². The van der Waals surface area contributed by atoms with Gasteiger partial charge in [-0.25, -0.2) is 4.79 Å². The van der Waals surface area contributed by atoms with Gasteiger partial charge in [-0.3, -0.25) is 9.69 Å². The van der Waals surface area contributed by atoms with E-state index in [1.165, 1.54) is 18.4 Å². The van der Waals surface area contributed by atoms with Crippen molar-refractivity contribution in [1.82, 2.24) is 4.90 Å². The molecule has 1 aliphatic heterocycles. The van der Waals surface area contributed by atoms with E-state index in [4.69, 9.17) is 10.5 Å². The number of nitrogens with two attached hydrogens (primary N) is 1. The van der Waals surface area contributed by atoms with Crippen molar-refractivity contribution in [2.45, 2.75) is 19.4 Å². The van der Waals surface area contributed by atoms with Gasteiger partial charge >= 0.3 is 5.97 Å². The van der Waals surface area contributed by atoms with Gasteiger partial charge in [-0.2, -0.15) is 0 Å². The molecule has 1 aliphatic rings. The molecular formula is C14H22ClN3O3S. The molecule has 2 heterocycles. The van der Waals surface area contributed by atoms with Crippen LogP contribution in [0, 0.1) is 5.92 Å². The maximum atomic E-state index is 12.1. The summed E-state index contributed by atoms with van der Waals surface area (Å²) in [5, 5.41) is 4.54. The first-order chi connectivity index (χ1) is 10.0. The van der Waals surface area contributed by atoms with Crippen molar-refractivity contribution in [3.8, 4) is 0 Å². The Kier molecular flexibility index (Phi) is 7.28. The lowest BCUT2D eigenvalue weighted by molar-refractivity contribution is -0.117. The Morgan fingerprint density at radius 2 is 2.27 bits per heavy atom. The molecule has 0 aromatic carbocycles. The Labute approximate surface area is 140 Å². The highest BCUT2D eigenvalue weighted by Gasteiger charge is 2.29. The number of likely N-dealkylation sites (tertiary alicyclic amines) is 1. The molecule has 0 saturated carbocycles. The zero-order valence-corrected chi connectivity index (χ0v) is 14.3. The number of halogens is 1. The van der Waals surface area contributed by atoms with E-state index in [2.05, 4.69) is 17.1 Å². The van der Waals surface area contributed by atoms with Gasteiger partial charge in [-0.15, -0.1) is 23.7 Å². The van der Waals surface area contributed by atoms with Crippen molar-refractivity contribution in [3.63, 3.8) is 0 Å². The number of anilines is 1. The van der Waals surface area contributed by atoms with Crippen LogP contribution >= 0.6 is 23.7 Å². The van der Waals surface area contributed by atoms with Gasteiger partial charge in [-0.05, 0) is 37.3 Å². The highest BCUT2D eigenvalue weighted by molar-refractivity contribution is 7.12. The van der Waals surface area contributed by atoms with Crippen molar-refractivity contribution in [3.05, 3.63) is 16.3 Å². The van der Waals surface area contributed by atoms with Gasteiger partial charge in [0.05, 0.1) is 19.3 Å². The van der Waals surface area contributed by atoms with Crippen LogP contribution in [0.25, 0.3) is 0 Å². The number of esters is 1. The van der Waals surface area contributed by atoms with Crippen LogP contribution in [-0.2, 0) is 9.53 Å². The number of amides is 1. The van der Waals surface area contributed by atoms with Gasteiger partial charge in [0.2, 0.25) is 5.91 Å². The van der Waals surface area contributed by atoms with Crippen LogP contribution in [-0.4, -0.2) is 49.6 Å². The van der Waals surface area contributed by atoms with Gasteiger partial charge < -0.3 is 15.8 Å². The Hall–Kier alpha value is -1.15. The molecule has 0 aliphatic carbocycles. The summed E-state index contributed by atoms with van der Waals surface area (Å²) in [7, 11) is 1.33. The minimum Gasteiger partial charge on any atom is -0.465 e. The molecule has 6 nitrogen and oxygen atoms in total. The number of thiophene rings is 1. The molecule has 0 bridgehead atoms. The van der Waals surface area contributed by atoms with E-state index < -0.39 is 5.97 Å². The molecule has 3 N–H and O–H groups in total. The number of ether oxygens (including phenoxy) is 1. The quantitative estimate of drug-likeness (QED) is 0.790. The fourth-order valence-electron chi connectivity index (χ4n) is 2.64. The molecule has 2 unspecified atom stereocenters. The van der Waals surface area contributed by atoms with E-state index in [-0.39, 0.29) is 18.3 Å². The summed E-state index contributed by atoms with van der Waals surface area (Å²) < 4.78 is 4.69. The fraction of sp³-hybridized carbons (Fsp3) is 0.571. The molecule has 1 saturated heterocycles. The molecule has 124 valence electrons. The first-order valence-corrected chi connectivity index (χ1v) is 7.82. The summed E-state index contributed by atoms with van der Waals surface area (Å²) >= 11 is 1.25. The Morgan fingerprint density at radius 3 is 2.86 bits per heavy atom. The number of hydrogen-bond acceptors (Lipinski definition) is 6. The summed E-state index contributed by atoms with van der Waals surface area (Å²) in [6.07, 6.45) is 1.02. The zero-order chi connectivity index (χ0) is 15.4. The molecule has 22 heavy (non-hydrogen) atoms. The van der Waals surface area contributed by atoms with Gasteiger partial charge in [-0.1, -0.05) is 0 Å². The third-order valence-electron chi connectivity index (χ3n) is 3.78. The van der Waals surface area contributed by atoms with Crippen LogP contribution in [0.4, 0.5) is 5.69 Å². The third-order valence-corrected chi connectivity index (χ3v) is 4.68. The number of methoxy groups -OCH3 is 1. The highest BCUT2D eigenvalue weighted by atomic mass is 35.5. The lowest BCUT2D eigenvalue weighted by atomic mass is 10.1. The van der Waals surface area contributed by atoms with Crippen LogP contribution in [0.3, 0.4) is 0 Å². The van der Waals surface area contributed by atoms with E-state index in [1.807, 2.05) is 0 Å². The standard InChI is InChI=1S/C14H21N3O3S.ClH/c1-9-5-10(6-15)7-17(9)8-12(18)16-11-3-4-21-13(11)14(19)20-2;/h3-4,9-10H,5-8,15H2,1-2H3,(H,16,18);1H. The van der Waals surface area contributed by atoms with Gasteiger partial charge in [0.1, 0.15) is 4.88 Å². The molecule has 0 spiro atoms. The Bertz CT molecular complexity index is 523. The van der Waals surface area contributed by atoms with E-state index in [0.29, 0.717) is 35.6 Å². The lowest BCUT2D eigenvalue weighted by Gasteiger charge is -2.20. The zero-order valence-electron chi connectivity index (χ0n) is 12.7. The van der Waals surface area contributed by atoms with E-state index >= 15 is 0 Å². The minimum absolute atomic E-state index is 0. The summed E-state index contributed by atoms with van der Waals surface area (Å²) in [4.78, 5) is 26.2. The molecule has 2 atom stereocenters. The summed E-state index contributed by atoms with van der Waals surface area (Å²) in [5.74, 6) is -0.0966. The average molecular weight is 348 g/mol. The Balaban J connectivity index is 0.00000242. The second-order valence-corrected chi connectivity index (χ2v) is 6.24. The van der Waals surface area contributed by atoms with Gasteiger partial charge in [0.25, 0.3) is 0 Å². The normalized spacial score (nSPS) is 21.2. The monoisotopic (exact) mass is 347 g/mol. The van der Waals surface area contributed by atoms with Crippen molar-refractivity contribution in [2.75, 3.05) is 32.1 Å². The van der Waals surface area contributed by atoms with Crippen LogP contribution in [0.2, 0.25) is 0 Å². The number of carbonyl (C=O) groups excluding carboxylic acids is 2. The van der Waals surface area contributed by atoms with Gasteiger partial charge in [0.15, 0.2) is 0 Å². The summed E-state index contributed by atoms with van der Waals surface area (Å²) in [6.45, 7) is 3.92. The fourth-order valence-corrected chi connectivity index (χ4v) is 3.41. The predicted molar refractivity (Wildman–Crippen MR) is 89.7 cm³/mol. The third kappa shape index (κ3) is 4.42. The predicted octanol–water partition coefficient (Wildman–Crippen LogP) is 1.56. The van der Waals surface area contributed by atoms with Crippen LogP contribution in [0.1, 0.15) is 23.0 Å². The molecule has 0 radical (unpaired) electrons. The number of rotatable bonds is 5. The molecule has 1 fully saturated rings. The number of nitrogens with one attached hydrogen (secondary N) is 1. The lowest BCUT2D eigenvalue weighted by Crippen LogP contribution is -2.36. The van der Waals surface area contributed by atoms with E-state index in [0.717, 1.165) is 13.0 Å². The molecular weight excluding hydrogens is 326 g/mol. The molecule has 1 aromatic rings. The number of nitrogens with zero attached hydrogens (tertiary/aromatic N) is 1. The smallest absolute Gasteiger partial charge is 0.350 e. The first-order valence-electron chi connectivity index (χ1n) is 6.95. The maximum Gasteiger partial charge on any atom is 0.350 e. The largest absolute Gasteiger partial charge is 0.465 e. The minimum atomic E-state index is -0.432. The van der Waals surface area contributed by atoms with Gasteiger partial charge in [0, 0.05) is 12.6 Å². The topological polar surface area (TPSA) is 84.7 Å².